The Balaban J connectivity index is 2.24. The van der Waals surface area contributed by atoms with Crippen molar-refractivity contribution in [1.29, 1.82) is 0 Å². The molecular weight excluding hydrogens is 158 g/mol. The second-order valence-electron chi connectivity index (χ2n) is 3.39. The van der Waals surface area contributed by atoms with Crippen LogP contribution in [-0.4, -0.2) is 29.0 Å². The molecule has 0 aromatic carbocycles. The molecule has 0 spiro atoms. The van der Waals surface area contributed by atoms with E-state index in [4.69, 9.17) is 0 Å². The van der Waals surface area contributed by atoms with Gasteiger partial charge in [0.25, 0.3) is 0 Å². The van der Waals surface area contributed by atoms with Crippen molar-refractivity contribution in [3.63, 3.8) is 0 Å². The van der Waals surface area contributed by atoms with Crippen LogP contribution in [-0.2, 0) is 9.53 Å². The molecule has 4 heteroatoms. The summed E-state index contributed by atoms with van der Waals surface area (Å²) in [5.41, 5.74) is 0. The van der Waals surface area contributed by atoms with E-state index in [-0.39, 0.29) is 18.1 Å². The molecule has 2 rings (SSSR count). The molecule has 4 nitrogen and oxygen atoms in total. The Kier molecular flexibility index (Phi) is 1.56. The van der Waals surface area contributed by atoms with Crippen LogP contribution in [0.4, 0.5) is 4.79 Å². The van der Waals surface area contributed by atoms with Crippen LogP contribution in [0, 0.1) is 0 Å². The van der Waals surface area contributed by atoms with Crippen LogP contribution in [0.1, 0.15) is 26.2 Å². The highest BCUT2D eigenvalue weighted by Gasteiger charge is 2.45. The highest BCUT2D eigenvalue weighted by atomic mass is 16.6. The van der Waals surface area contributed by atoms with E-state index in [1.165, 1.54) is 0 Å². The summed E-state index contributed by atoms with van der Waals surface area (Å²) in [6.07, 6.45) is 2.27. The molecule has 0 bridgehead atoms. The molecule has 2 saturated heterocycles. The Morgan fingerprint density at radius 3 is 2.83 bits per heavy atom. The van der Waals surface area contributed by atoms with Gasteiger partial charge in [0.1, 0.15) is 6.04 Å². The third-order valence-corrected chi connectivity index (χ3v) is 2.58. The van der Waals surface area contributed by atoms with Gasteiger partial charge in [0.05, 0.1) is 0 Å². The fraction of sp³-hybridized carbons (Fsp3) is 0.750. The summed E-state index contributed by atoms with van der Waals surface area (Å²) >= 11 is 0. The van der Waals surface area contributed by atoms with Gasteiger partial charge in [-0.3, -0.25) is 4.90 Å². The van der Waals surface area contributed by atoms with Crippen molar-refractivity contribution in [2.75, 3.05) is 0 Å². The van der Waals surface area contributed by atoms with Crippen molar-refractivity contribution >= 4 is 12.1 Å². The zero-order valence-corrected chi connectivity index (χ0v) is 6.95. The molecule has 1 amide bonds. The maximum Gasteiger partial charge on any atom is 0.418 e. The van der Waals surface area contributed by atoms with Gasteiger partial charge in [-0.2, -0.15) is 0 Å². The number of piperidine rings is 1. The normalized spacial score (nSPS) is 34.9. The van der Waals surface area contributed by atoms with Gasteiger partial charge in [-0.15, -0.1) is 0 Å². The molecule has 2 unspecified atom stereocenters. The van der Waals surface area contributed by atoms with Gasteiger partial charge in [0.15, 0.2) is 0 Å². The lowest BCUT2D eigenvalue weighted by Crippen LogP contribution is -2.44. The van der Waals surface area contributed by atoms with E-state index < -0.39 is 6.09 Å². The molecule has 2 atom stereocenters. The fourth-order valence-corrected chi connectivity index (χ4v) is 1.94. The molecule has 0 saturated carbocycles. The zero-order valence-electron chi connectivity index (χ0n) is 6.95. The Bertz CT molecular complexity index is 238. The lowest BCUT2D eigenvalue weighted by atomic mass is 9.98. The van der Waals surface area contributed by atoms with Gasteiger partial charge in [-0.25, -0.2) is 9.59 Å². The maximum absolute atomic E-state index is 11.1. The van der Waals surface area contributed by atoms with Crippen LogP contribution >= 0.6 is 0 Å². The van der Waals surface area contributed by atoms with Crippen LogP contribution in [0.25, 0.3) is 0 Å². The van der Waals surface area contributed by atoms with E-state index in [0.29, 0.717) is 0 Å². The van der Waals surface area contributed by atoms with E-state index in [9.17, 15) is 9.59 Å². The van der Waals surface area contributed by atoms with Gasteiger partial charge in [-0.1, -0.05) is 0 Å². The summed E-state index contributed by atoms with van der Waals surface area (Å²) in [5, 5.41) is 0. The van der Waals surface area contributed by atoms with Crippen molar-refractivity contribution in [3.8, 4) is 0 Å². The molecule has 0 N–H and O–H groups in total. The second-order valence-corrected chi connectivity index (χ2v) is 3.39. The minimum absolute atomic E-state index is 0.155. The SMILES string of the molecule is CC1CCCC2C(=O)OC(=O)N12. The van der Waals surface area contributed by atoms with Crippen LogP contribution in [0.5, 0.6) is 0 Å². The minimum Gasteiger partial charge on any atom is -0.375 e. The maximum atomic E-state index is 11.1. The highest BCUT2D eigenvalue weighted by molar-refractivity contribution is 5.95. The predicted octanol–water partition coefficient (Wildman–Crippen LogP) is 0.906. The van der Waals surface area contributed by atoms with Crippen molar-refractivity contribution in [3.05, 3.63) is 0 Å². The number of cyclic esters (lactones) is 2. The molecule has 2 heterocycles. The number of ether oxygens (including phenoxy) is 1. The molecule has 0 aromatic heterocycles. The number of fused-ring (bicyclic) bond motifs is 1. The monoisotopic (exact) mass is 169 g/mol. The van der Waals surface area contributed by atoms with Crippen molar-refractivity contribution in [2.45, 2.75) is 38.3 Å². The number of hydrogen-bond donors (Lipinski definition) is 0. The first-order valence-corrected chi connectivity index (χ1v) is 4.24. The lowest BCUT2D eigenvalue weighted by Gasteiger charge is -2.31. The topological polar surface area (TPSA) is 46.6 Å². The van der Waals surface area contributed by atoms with Gasteiger partial charge < -0.3 is 4.74 Å². The Morgan fingerprint density at radius 2 is 2.17 bits per heavy atom. The predicted molar refractivity (Wildman–Crippen MR) is 40.4 cm³/mol. The quantitative estimate of drug-likeness (QED) is 0.400. The Morgan fingerprint density at radius 1 is 1.42 bits per heavy atom. The number of esters is 1. The smallest absolute Gasteiger partial charge is 0.375 e. The van der Waals surface area contributed by atoms with Crippen molar-refractivity contribution in [1.82, 2.24) is 4.90 Å². The largest absolute Gasteiger partial charge is 0.418 e. The van der Waals surface area contributed by atoms with Crippen molar-refractivity contribution < 1.29 is 14.3 Å². The van der Waals surface area contributed by atoms with E-state index in [2.05, 4.69) is 4.74 Å². The second kappa shape index (κ2) is 2.47. The third kappa shape index (κ3) is 0.906. The van der Waals surface area contributed by atoms with Crippen molar-refractivity contribution in [2.24, 2.45) is 0 Å². The molecule has 12 heavy (non-hydrogen) atoms. The average molecular weight is 169 g/mol. The highest BCUT2D eigenvalue weighted by Crippen LogP contribution is 2.28. The van der Waals surface area contributed by atoms with E-state index in [1.54, 1.807) is 4.90 Å². The zero-order chi connectivity index (χ0) is 8.72. The number of hydrogen-bond acceptors (Lipinski definition) is 3. The molecule has 66 valence electrons. The summed E-state index contributed by atoms with van der Waals surface area (Å²) in [6.45, 7) is 1.95. The Labute approximate surface area is 70.5 Å². The summed E-state index contributed by atoms with van der Waals surface area (Å²) in [6, 6.07) is -0.135. The molecule has 2 aliphatic rings. The number of carbonyl (C=O) groups excluding carboxylic acids is 2. The van der Waals surface area contributed by atoms with Gasteiger partial charge in [0, 0.05) is 6.04 Å². The number of nitrogens with zero attached hydrogens (tertiary/aromatic N) is 1. The molecule has 2 fully saturated rings. The molecule has 0 aliphatic carbocycles. The van der Waals surface area contributed by atoms with Crippen LogP contribution in [0.15, 0.2) is 0 Å². The fourth-order valence-electron chi connectivity index (χ4n) is 1.94. The molecular formula is C8H11NO3. The standard InChI is InChI=1S/C8H11NO3/c1-5-3-2-4-6-7(10)12-8(11)9(5)6/h5-6H,2-4H2,1H3. The Hall–Kier alpha value is -1.06. The summed E-state index contributed by atoms with van der Waals surface area (Å²) in [7, 11) is 0. The van der Waals surface area contributed by atoms with Gasteiger partial charge in [0.2, 0.25) is 0 Å². The number of carbonyl (C=O) groups is 2. The number of rotatable bonds is 0. The van der Waals surface area contributed by atoms with E-state index in [1.807, 2.05) is 6.92 Å². The molecule has 0 radical (unpaired) electrons. The van der Waals surface area contributed by atoms with Gasteiger partial charge >= 0.3 is 12.1 Å². The van der Waals surface area contributed by atoms with E-state index >= 15 is 0 Å². The first kappa shape index (κ1) is 7.58. The van der Waals surface area contributed by atoms with Crippen LogP contribution < -0.4 is 0 Å². The average Bonchev–Trinajstić information content (AvgIpc) is 2.29. The molecule has 2 aliphatic heterocycles. The minimum atomic E-state index is -0.461. The van der Waals surface area contributed by atoms with Gasteiger partial charge in [-0.05, 0) is 26.2 Å². The lowest BCUT2D eigenvalue weighted by molar-refractivity contribution is -0.136. The summed E-state index contributed by atoms with van der Waals surface area (Å²) < 4.78 is 4.53. The third-order valence-electron chi connectivity index (χ3n) is 2.58. The summed E-state index contributed by atoms with van der Waals surface area (Å²) in [5.74, 6) is -0.369. The summed E-state index contributed by atoms with van der Waals surface area (Å²) in [4.78, 5) is 23.8. The first-order valence-electron chi connectivity index (χ1n) is 4.24. The van der Waals surface area contributed by atoms with E-state index in [0.717, 1.165) is 19.3 Å². The van der Waals surface area contributed by atoms with Crippen LogP contribution in [0.2, 0.25) is 0 Å². The van der Waals surface area contributed by atoms with Crippen LogP contribution in [0.3, 0.4) is 0 Å². The first-order chi connectivity index (χ1) is 5.70. The molecule has 0 aromatic rings. The number of amides is 1.